The molecule has 24 heavy (non-hydrogen) atoms. The molecule has 0 amide bonds. The zero-order valence-electron chi connectivity index (χ0n) is 13.2. The molecule has 0 aliphatic rings. The Hall–Kier alpha value is -1.74. The zero-order valence-corrected chi connectivity index (χ0v) is 16.3. The second kappa shape index (κ2) is 9.53. The van der Waals surface area contributed by atoms with Crippen LogP contribution < -0.4 is 20.5 Å². The van der Waals surface area contributed by atoms with E-state index in [9.17, 15) is 4.39 Å². The van der Waals surface area contributed by atoms with Crippen LogP contribution >= 0.6 is 35.6 Å². The summed E-state index contributed by atoms with van der Waals surface area (Å²) in [5.74, 6) is 0.522. The molecule has 2 rings (SSSR count). The Bertz CT molecular complexity index is 728. The van der Waals surface area contributed by atoms with E-state index in [0.717, 1.165) is 0 Å². The number of hydrogen-bond donors (Lipinski definition) is 2. The van der Waals surface area contributed by atoms with Crippen LogP contribution in [-0.2, 0) is 6.54 Å². The molecule has 0 aromatic heterocycles. The molecule has 3 N–H and O–H groups in total. The van der Waals surface area contributed by atoms with Gasteiger partial charge in [0.1, 0.15) is 5.75 Å². The van der Waals surface area contributed by atoms with Gasteiger partial charge < -0.3 is 20.5 Å². The summed E-state index contributed by atoms with van der Waals surface area (Å²) in [6, 6.07) is 9.79. The summed E-state index contributed by atoms with van der Waals surface area (Å²) in [6.45, 7) is 0.240. The van der Waals surface area contributed by atoms with Gasteiger partial charge in [0, 0.05) is 5.69 Å². The van der Waals surface area contributed by atoms with Gasteiger partial charge in [-0.15, -0.1) is 24.0 Å². The monoisotopic (exact) mass is 465 g/mol. The summed E-state index contributed by atoms with van der Waals surface area (Å²) in [5, 5.41) is 3.37. The van der Waals surface area contributed by atoms with Crippen LogP contribution in [0.5, 0.6) is 11.5 Å². The maximum atomic E-state index is 13.6. The molecule has 0 unspecified atom stereocenters. The Labute approximate surface area is 162 Å². The van der Waals surface area contributed by atoms with Crippen LogP contribution in [-0.4, -0.2) is 20.2 Å². The third-order valence-electron chi connectivity index (χ3n) is 3.07. The molecule has 0 spiro atoms. The first-order chi connectivity index (χ1) is 11.0. The number of nitrogens with two attached hydrogens (primary N) is 1. The highest BCUT2D eigenvalue weighted by Gasteiger charge is 2.04. The van der Waals surface area contributed by atoms with Crippen molar-refractivity contribution in [3.63, 3.8) is 0 Å². The summed E-state index contributed by atoms with van der Waals surface area (Å²) < 4.78 is 23.5. The first-order valence-electron chi connectivity index (χ1n) is 6.76. The second-order valence-electron chi connectivity index (χ2n) is 4.64. The van der Waals surface area contributed by atoms with Gasteiger partial charge in [-0.2, -0.15) is 0 Å². The topological polar surface area (TPSA) is 68.9 Å². The third kappa shape index (κ3) is 5.41. The molecule has 2 aromatic carbocycles. The lowest BCUT2D eigenvalue weighted by atomic mass is 10.2. The number of nitrogens with zero attached hydrogens (tertiary/aromatic N) is 1. The molecule has 2 aromatic rings. The van der Waals surface area contributed by atoms with Crippen molar-refractivity contribution in [2.24, 2.45) is 10.7 Å². The van der Waals surface area contributed by atoms with Crippen LogP contribution in [0, 0.1) is 5.82 Å². The molecular formula is C16H18ClFIN3O2. The van der Waals surface area contributed by atoms with E-state index in [1.807, 2.05) is 0 Å². The van der Waals surface area contributed by atoms with Crippen molar-refractivity contribution in [2.75, 3.05) is 19.5 Å². The Morgan fingerprint density at radius 1 is 1.17 bits per heavy atom. The van der Waals surface area contributed by atoms with E-state index in [0.29, 0.717) is 22.0 Å². The van der Waals surface area contributed by atoms with Crippen LogP contribution in [0.4, 0.5) is 10.1 Å². The molecule has 0 aliphatic carbocycles. The average molecular weight is 466 g/mol. The standard InChI is InChI=1S/C16H17ClFN3O2.HI/c1-22-14-6-4-11(8-12(14)17)21-16(19)20-9-10-3-5-15(23-2)13(18)7-10;/h3-8H,9H2,1-2H3,(H3,19,20,21);1H. The summed E-state index contributed by atoms with van der Waals surface area (Å²) in [6.07, 6.45) is 0. The molecular weight excluding hydrogens is 448 g/mol. The largest absolute Gasteiger partial charge is 0.495 e. The number of anilines is 1. The lowest BCUT2D eigenvalue weighted by Crippen LogP contribution is -2.22. The summed E-state index contributed by atoms with van der Waals surface area (Å²) in [5.41, 5.74) is 7.17. The predicted octanol–water partition coefficient (Wildman–Crippen LogP) is 4.04. The second-order valence-corrected chi connectivity index (χ2v) is 5.05. The number of methoxy groups -OCH3 is 2. The van der Waals surface area contributed by atoms with E-state index in [1.165, 1.54) is 20.3 Å². The van der Waals surface area contributed by atoms with Crippen molar-refractivity contribution >= 4 is 47.2 Å². The number of guanidine groups is 1. The van der Waals surface area contributed by atoms with Gasteiger partial charge in [-0.3, -0.25) is 0 Å². The van der Waals surface area contributed by atoms with Gasteiger partial charge in [0.05, 0.1) is 25.8 Å². The van der Waals surface area contributed by atoms with Crippen molar-refractivity contribution in [2.45, 2.75) is 6.54 Å². The summed E-state index contributed by atoms with van der Waals surface area (Å²) >= 11 is 6.03. The van der Waals surface area contributed by atoms with Crippen molar-refractivity contribution in [1.29, 1.82) is 0 Å². The van der Waals surface area contributed by atoms with Crippen molar-refractivity contribution in [1.82, 2.24) is 0 Å². The molecule has 0 saturated carbocycles. The van der Waals surface area contributed by atoms with E-state index < -0.39 is 5.82 Å². The van der Waals surface area contributed by atoms with Gasteiger partial charge in [0.25, 0.3) is 0 Å². The van der Waals surface area contributed by atoms with Crippen molar-refractivity contribution in [3.8, 4) is 11.5 Å². The summed E-state index contributed by atoms with van der Waals surface area (Å²) in [4.78, 5) is 4.16. The molecule has 0 radical (unpaired) electrons. The van der Waals surface area contributed by atoms with E-state index in [4.69, 9.17) is 26.8 Å². The Balaban J connectivity index is 0.00000288. The fraction of sp³-hybridized carbons (Fsp3) is 0.188. The maximum absolute atomic E-state index is 13.6. The van der Waals surface area contributed by atoms with Gasteiger partial charge >= 0.3 is 0 Å². The minimum absolute atomic E-state index is 0. The Morgan fingerprint density at radius 2 is 1.83 bits per heavy atom. The lowest BCUT2D eigenvalue weighted by molar-refractivity contribution is 0.386. The molecule has 0 atom stereocenters. The number of nitrogens with one attached hydrogen (secondary N) is 1. The first-order valence-corrected chi connectivity index (χ1v) is 7.14. The number of halogens is 3. The SMILES string of the molecule is COc1ccc(CN=C(N)Nc2ccc(OC)c(Cl)c2)cc1F.I. The van der Waals surface area contributed by atoms with Crippen molar-refractivity contribution in [3.05, 3.63) is 52.8 Å². The first kappa shape index (κ1) is 20.3. The number of hydrogen-bond acceptors (Lipinski definition) is 3. The van der Waals surface area contributed by atoms with E-state index in [2.05, 4.69) is 10.3 Å². The van der Waals surface area contributed by atoms with Gasteiger partial charge in [-0.05, 0) is 35.9 Å². The normalized spacial score (nSPS) is 10.8. The van der Waals surface area contributed by atoms with Crippen LogP contribution in [0.15, 0.2) is 41.4 Å². The molecule has 0 saturated heterocycles. The average Bonchev–Trinajstić information content (AvgIpc) is 2.53. The number of benzene rings is 2. The van der Waals surface area contributed by atoms with E-state index in [-0.39, 0.29) is 42.2 Å². The predicted molar refractivity (Wildman–Crippen MR) is 105 cm³/mol. The molecule has 8 heteroatoms. The van der Waals surface area contributed by atoms with E-state index >= 15 is 0 Å². The Kier molecular flexibility index (Phi) is 8.06. The highest BCUT2D eigenvalue weighted by molar-refractivity contribution is 14.0. The van der Waals surface area contributed by atoms with E-state index in [1.54, 1.807) is 30.3 Å². The van der Waals surface area contributed by atoms with Crippen molar-refractivity contribution < 1.29 is 13.9 Å². The van der Waals surface area contributed by atoms with Gasteiger partial charge in [-0.25, -0.2) is 9.38 Å². The summed E-state index contributed by atoms with van der Waals surface area (Å²) in [7, 11) is 2.95. The molecule has 0 heterocycles. The zero-order chi connectivity index (χ0) is 16.8. The number of aliphatic imine (C=N–C) groups is 1. The van der Waals surface area contributed by atoms with Crippen LogP contribution in [0.1, 0.15) is 5.56 Å². The number of ether oxygens (including phenoxy) is 2. The minimum atomic E-state index is -0.436. The van der Waals surface area contributed by atoms with Gasteiger partial charge in [-0.1, -0.05) is 17.7 Å². The van der Waals surface area contributed by atoms with Crippen LogP contribution in [0.25, 0.3) is 0 Å². The Morgan fingerprint density at radius 3 is 2.42 bits per heavy atom. The highest BCUT2D eigenvalue weighted by Crippen LogP contribution is 2.27. The molecule has 5 nitrogen and oxygen atoms in total. The van der Waals surface area contributed by atoms with Crippen LogP contribution in [0.2, 0.25) is 5.02 Å². The quantitative estimate of drug-likeness (QED) is 0.397. The molecule has 0 fully saturated rings. The lowest BCUT2D eigenvalue weighted by Gasteiger charge is -2.08. The molecule has 0 bridgehead atoms. The van der Waals surface area contributed by atoms with Gasteiger partial charge in [0.15, 0.2) is 17.5 Å². The number of rotatable bonds is 5. The highest BCUT2D eigenvalue weighted by atomic mass is 127. The molecule has 130 valence electrons. The third-order valence-corrected chi connectivity index (χ3v) is 3.37. The van der Waals surface area contributed by atoms with Gasteiger partial charge in [0.2, 0.25) is 0 Å². The fourth-order valence-electron chi connectivity index (χ4n) is 1.92. The van der Waals surface area contributed by atoms with Crippen LogP contribution in [0.3, 0.4) is 0 Å². The minimum Gasteiger partial charge on any atom is -0.495 e. The maximum Gasteiger partial charge on any atom is 0.193 e. The molecule has 0 aliphatic heterocycles. The fourth-order valence-corrected chi connectivity index (χ4v) is 2.17. The smallest absolute Gasteiger partial charge is 0.193 e.